The molecule has 28 heavy (non-hydrogen) atoms. The summed E-state index contributed by atoms with van der Waals surface area (Å²) in [5.41, 5.74) is 1.41. The fourth-order valence-electron chi connectivity index (χ4n) is 2.58. The minimum absolute atomic E-state index is 0.00398. The van der Waals surface area contributed by atoms with E-state index in [0.29, 0.717) is 28.5 Å². The zero-order valence-electron chi connectivity index (χ0n) is 16.3. The predicted octanol–water partition coefficient (Wildman–Crippen LogP) is 4.11. The molecule has 1 heterocycles. The van der Waals surface area contributed by atoms with Crippen LogP contribution in [0.2, 0.25) is 0 Å². The fourth-order valence-corrected chi connectivity index (χ4v) is 2.65. The molecule has 0 amide bonds. The maximum atomic E-state index is 12.5. The number of halogens is 1. The molecular formula is C22H25ClN2O3. The number of aromatic nitrogens is 1. The van der Waals surface area contributed by atoms with Gasteiger partial charge in [-0.3, -0.25) is 9.59 Å². The summed E-state index contributed by atoms with van der Waals surface area (Å²) < 4.78 is 5.42. The van der Waals surface area contributed by atoms with Crippen molar-refractivity contribution in [3.05, 3.63) is 76.6 Å². The van der Waals surface area contributed by atoms with E-state index in [0.717, 1.165) is 0 Å². The largest absolute Gasteiger partial charge is 0.458 e. The van der Waals surface area contributed by atoms with Crippen LogP contribution in [-0.4, -0.2) is 29.3 Å². The Hall–Kier alpha value is -2.50. The van der Waals surface area contributed by atoms with Crippen molar-refractivity contribution in [2.24, 2.45) is 5.92 Å². The molecule has 0 saturated heterocycles. The summed E-state index contributed by atoms with van der Waals surface area (Å²) in [5.74, 6) is -0.480. The van der Waals surface area contributed by atoms with Gasteiger partial charge in [-0.2, -0.15) is 0 Å². The Morgan fingerprint density at radius 1 is 1.14 bits per heavy atom. The molecule has 1 N–H and O–H groups in total. The van der Waals surface area contributed by atoms with Gasteiger partial charge in [0.15, 0.2) is 0 Å². The van der Waals surface area contributed by atoms with Gasteiger partial charge in [0.1, 0.15) is 18.3 Å². The number of nitrogens with zero attached hydrogens (tertiary/aromatic N) is 1. The van der Waals surface area contributed by atoms with Crippen LogP contribution in [0.4, 0.5) is 0 Å². The average Bonchev–Trinajstić information content (AvgIpc) is 2.69. The number of pyridine rings is 1. The Kier molecular flexibility index (Phi) is 8.36. The summed E-state index contributed by atoms with van der Waals surface area (Å²) in [6.07, 6.45) is 1.80. The Morgan fingerprint density at radius 2 is 1.86 bits per heavy atom. The number of esters is 1. The highest BCUT2D eigenvalue weighted by molar-refractivity contribution is 6.29. The monoisotopic (exact) mass is 400 g/mol. The van der Waals surface area contributed by atoms with Crippen LogP contribution in [-0.2, 0) is 16.1 Å². The zero-order valence-corrected chi connectivity index (χ0v) is 17.1. The number of hydrogen-bond donors (Lipinski definition) is 1. The molecule has 1 unspecified atom stereocenters. The van der Waals surface area contributed by atoms with Crippen LogP contribution in [0.3, 0.4) is 0 Å². The van der Waals surface area contributed by atoms with Crippen molar-refractivity contribution >= 4 is 23.4 Å². The highest BCUT2D eigenvalue weighted by Gasteiger charge is 2.23. The maximum Gasteiger partial charge on any atom is 0.323 e. The average molecular weight is 401 g/mol. The molecule has 5 nitrogen and oxygen atoms in total. The van der Waals surface area contributed by atoms with Gasteiger partial charge in [0, 0.05) is 17.1 Å². The lowest BCUT2D eigenvalue weighted by atomic mass is 10.0. The van der Waals surface area contributed by atoms with Crippen molar-refractivity contribution in [3.8, 4) is 0 Å². The highest BCUT2D eigenvalue weighted by Crippen LogP contribution is 2.10. The van der Waals surface area contributed by atoms with Crippen LogP contribution in [0.1, 0.15) is 42.5 Å². The van der Waals surface area contributed by atoms with Gasteiger partial charge < -0.3 is 10.1 Å². The Bertz CT molecular complexity index is 831. The van der Waals surface area contributed by atoms with Crippen LogP contribution >= 0.6 is 11.6 Å². The van der Waals surface area contributed by atoms with Gasteiger partial charge in [0.05, 0.1) is 5.69 Å². The molecule has 148 valence electrons. The number of hydrogen-bond acceptors (Lipinski definition) is 5. The summed E-state index contributed by atoms with van der Waals surface area (Å²) >= 11 is 5.82. The Morgan fingerprint density at radius 3 is 2.50 bits per heavy atom. The third-order valence-corrected chi connectivity index (χ3v) is 4.23. The van der Waals surface area contributed by atoms with Crippen LogP contribution in [0.15, 0.2) is 59.6 Å². The molecule has 1 aromatic carbocycles. The quantitative estimate of drug-likeness (QED) is 0.506. The first-order valence-corrected chi connectivity index (χ1v) is 9.54. The number of benzene rings is 1. The number of carbonyl (C=O) groups excluding carboxylic acids is 2. The summed E-state index contributed by atoms with van der Waals surface area (Å²) in [7, 11) is 0. The number of rotatable bonds is 9. The van der Waals surface area contributed by atoms with E-state index >= 15 is 0 Å². The van der Waals surface area contributed by atoms with Crippen LogP contribution in [0, 0.1) is 5.92 Å². The lowest BCUT2D eigenvalue weighted by Gasteiger charge is -2.20. The van der Waals surface area contributed by atoms with E-state index in [1.807, 2.05) is 19.9 Å². The number of nitrogens with one attached hydrogen (secondary N) is 1. The smallest absolute Gasteiger partial charge is 0.323 e. The van der Waals surface area contributed by atoms with Gasteiger partial charge in [-0.1, -0.05) is 67.9 Å². The van der Waals surface area contributed by atoms with Gasteiger partial charge in [0.2, 0.25) is 5.78 Å². The van der Waals surface area contributed by atoms with Crippen LogP contribution < -0.4 is 5.32 Å². The molecule has 0 fully saturated rings. The fraction of sp³-hybridized carbons (Fsp3) is 0.318. The first-order chi connectivity index (χ1) is 13.4. The second-order valence-electron chi connectivity index (χ2n) is 6.74. The molecule has 0 radical (unpaired) electrons. The molecule has 0 aliphatic rings. The molecule has 6 heteroatoms. The van der Waals surface area contributed by atoms with E-state index in [4.69, 9.17) is 16.3 Å². The minimum Gasteiger partial charge on any atom is -0.458 e. The molecule has 0 aliphatic carbocycles. The maximum absolute atomic E-state index is 12.5. The molecule has 0 spiro atoms. The standard InChI is InChI=1S/C22H25ClN2O3/c1-15(2)20(24-13-12-16(3)23)22(27)28-14-18-10-7-11-19(25-18)21(26)17-8-5-4-6-9-17/h4-12,15,20,24H,13-14H2,1-3H3/b16-12-. The molecule has 1 atom stereocenters. The zero-order chi connectivity index (χ0) is 20.5. The van der Waals surface area contributed by atoms with E-state index in [-0.39, 0.29) is 24.3 Å². The summed E-state index contributed by atoms with van der Waals surface area (Å²) in [6.45, 7) is 6.14. The molecule has 0 aliphatic heterocycles. The molecule has 2 aromatic rings. The summed E-state index contributed by atoms with van der Waals surface area (Å²) in [5, 5.41) is 3.79. The number of carbonyl (C=O) groups is 2. The van der Waals surface area contributed by atoms with E-state index < -0.39 is 6.04 Å². The van der Waals surface area contributed by atoms with Gasteiger partial charge in [0.25, 0.3) is 0 Å². The molecule has 0 saturated carbocycles. The lowest BCUT2D eigenvalue weighted by molar-refractivity contribution is -0.148. The summed E-state index contributed by atoms with van der Waals surface area (Å²) in [4.78, 5) is 29.3. The van der Waals surface area contributed by atoms with E-state index in [1.54, 1.807) is 55.5 Å². The number of ketones is 1. The number of ether oxygens (including phenoxy) is 1. The van der Waals surface area contributed by atoms with Crippen LogP contribution in [0.25, 0.3) is 0 Å². The third-order valence-electron chi connectivity index (χ3n) is 4.08. The van der Waals surface area contributed by atoms with Crippen molar-refractivity contribution in [3.63, 3.8) is 0 Å². The van der Waals surface area contributed by atoms with Crippen molar-refractivity contribution in [1.29, 1.82) is 0 Å². The predicted molar refractivity (Wildman–Crippen MR) is 110 cm³/mol. The second-order valence-corrected chi connectivity index (χ2v) is 7.33. The van der Waals surface area contributed by atoms with E-state index in [1.165, 1.54) is 0 Å². The first-order valence-electron chi connectivity index (χ1n) is 9.16. The Balaban J connectivity index is 2.00. The van der Waals surface area contributed by atoms with Gasteiger partial charge in [-0.05, 0) is 25.0 Å². The van der Waals surface area contributed by atoms with Gasteiger partial charge in [-0.25, -0.2) is 4.98 Å². The molecule has 2 rings (SSSR count). The van der Waals surface area contributed by atoms with E-state index in [9.17, 15) is 9.59 Å². The highest BCUT2D eigenvalue weighted by atomic mass is 35.5. The van der Waals surface area contributed by atoms with Crippen LogP contribution in [0.5, 0.6) is 0 Å². The van der Waals surface area contributed by atoms with E-state index in [2.05, 4.69) is 10.3 Å². The lowest BCUT2D eigenvalue weighted by Crippen LogP contribution is -2.42. The van der Waals surface area contributed by atoms with Crippen molar-refractivity contribution in [2.45, 2.75) is 33.4 Å². The molecular weight excluding hydrogens is 376 g/mol. The normalized spacial score (nSPS) is 12.7. The SMILES string of the molecule is C/C(Cl)=C/CNC(C(=O)OCc1cccc(C(=O)c2ccccc2)n1)C(C)C. The summed E-state index contributed by atoms with van der Waals surface area (Å²) in [6, 6.07) is 13.6. The minimum atomic E-state index is -0.457. The van der Waals surface area contributed by atoms with Crippen molar-refractivity contribution in [2.75, 3.05) is 6.54 Å². The van der Waals surface area contributed by atoms with Crippen molar-refractivity contribution < 1.29 is 14.3 Å². The van der Waals surface area contributed by atoms with Gasteiger partial charge >= 0.3 is 5.97 Å². The molecule has 0 bridgehead atoms. The topological polar surface area (TPSA) is 68.3 Å². The molecule has 1 aromatic heterocycles. The van der Waals surface area contributed by atoms with Gasteiger partial charge in [-0.15, -0.1) is 0 Å². The van der Waals surface area contributed by atoms with Crippen molar-refractivity contribution in [1.82, 2.24) is 10.3 Å². The first kappa shape index (κ1) is 21.8. The Labute approximate surface area is 170 Å². The second kappa shape index (κ2) is 10.7. The third kappa shape index (κ3) is 6.59. The number of allylic oxidation sites excluding steroid dienone is 1.